The first kappa shape index (κ1) is 28.9. The van der Waals surface area contributed by atoms with E-state index in [1.54, 1.807) is 29.2 Å². The molecule has 3 aromatic carbocycles. The summed E-state index contributed by atoms with van der Waals surface area (Å²) in [5, 5.41) is 10.5. The lowest BCUT2D eigenvalue weighted by molar-refractivity contribution is -0.125. The zero-order valence-corrected chi connectivity index (χ0v) is 23.8. The summed E-state index contributed by atoms with van der Waals surface area (Å²) in [6.45, 7) is 0.623. The van der Waals surface area contributed by atoms with Crippen molar-refractivity contribution in [3.05, 3.63) is 112 Å². The van der Waals surface area contributed by atoms with Crippen molar-refractivity contribution in [1.29, 1.82) is 0 Å². The molecule has 2 amide bonds. The van der Waals surface area contributed by atoms with Crippen LogP contribution in [0.15, 0.2) is 78.9 Å². The molecule has 0 unspecified atom stereocenters. The molecule has 2 heterocycles. The van der Waals surface area contributed by atoms with Crippen LogP contribution in [0.1, 0.15) is 40.9 Å². The second-order valence-electron chi connectivity index (χ2n) is 10.3. The lowest BCUT2D eigenvalue weighted by Crippen LogP contribution is -2.51. The molecule has 0 radical (unpaired) electrons. The Balaban J connectivity index is 1.58. The van der Waals surface area contributed by atoms with E-state index in [1.165, 1.54) is 12.1 Å². The number of aliphatic hydroxyl groups excluding tert-OH is 1. The van der Waals surface area contributed by atoms with Crippen molar-refractivity contribution in [1.82, 2.24) is 9.47 Å². The van der Waals surface area contributed by atoms with Gasteiger partial charge in [-0.3, -0.25) is 9.59 Å². The number of hydrogen-bond donors (Lipinski definition) is 2. The van der Waals surface area contributed by atoms with Gasteiger partial charge in [0.25, 0.3) is 5.91 Å². The van der Waals surface area contributed by atoms with Crippen LogP contribution in [0.2, 0.25) is 10.0 Å². The van der Waals surface area contributed by atoms with Gasteiger partial charge in [-0.25, -0.2) is 4.39 Å². The van der Waals surface area contributed by atoms with E-state index in [0.717, 1.165) is 11.3 Å². The van der Waals surface area contributed by atoms with Crippen LogP contribution in [0.25, 0.3) is 16.9 Å². The number of rotatable bonds is 8. The molecule has 3 N–H and O–H groups in total. The minimum absolute atomic E-state index is 0.0615. The molecule has 0 bridgehead atoms. The molecule has 0 atom stereocenters. The Morgan fingerprint density at radius 3 is 2.24 bits per heavy atom. The molecule has 1 aliphatic rings. The molecular formula is C32H30Cl2FN3O3. The summed E-state index contributed by atoms with van der Waals surface area (Å²) in [7, 11) is 0. The summed E-state index contributed by atoms with van der Waals surface area (Å²) in [5.74, 6) is -1.07. The highest BCUT2D eigenvalue weighted by atomic mass is 35.5. The highest BCUT2D eigenvalue weighted by Gasteiger charge is 2.43. The van der Waals surface area contributed by atoms with E-state index < -0.39 is 17.1 Å². The molecule has 0 saturated carbocycles. The van der Waals surface area contributed by atoms with Crippen molar-refractivity contribution in [2.24, 2.45) is 5.73 Å². The number of piperidine rings is 1. The largest absolute Gasteiger partial charge is 0.396 e. The van der Waals surface area contributed by atoms with Crippen LogP contribution >= 0.6 is 23.2 Å². The lowest BCUT2D eigenvalue weighted by atomic mass is 9.72. The van der Waals surface area contributed by atoms with E-state index in [1.807, 2.05) is 47.0 Å². The number of nitrogens with zero attached hydrogens (tertiary/aromatic N) is 2. The second-order valence-corrected chi connectivity index (χ2v) is 11.1. The van der Waals surface area contributed by atoms with E-state index in [9.17, 15) is 19.1 Å². The van der Waals surface area contributed by atoms with Crippen LogP contribution in [0.4, 0.5) is 4.39 Å². The Bertz CT molecular complexity index is 1560. The minimum atomic E-state index is -0.847. The maximum atomic E-state index is 14.1. The summed E-state index contributed by atoms with van der Waals surface area (Å²) >= 11 is 12.7. The summed E-state index contributed by atoms with van der Waals surface area (Å²) in [6.07, 6.45) is 1.63. The minimum Gasteiger partial charge on any atom is -0.396 e. The van der Waals surface area contributed by atoms with E-state index in [4.69, 9.17) is 28.9 Å². The molecule has 4 aromatic rings. The summed E-state index contributed by atoms with van der Waals surface area (Å²) in [5.41, 5.74) is 8.98. The van der Waals surface area contributed by atoms with Gasteiger partial charge in [-0.1, -0.05) is 53.5 Å². The van der Waals surface area contributed by atoms with Crippen LogP contribution in [-0.2, 0) is 16.6 Å². The van der Waals surface area contributed by atoms with Crippen molar-refractivity contribution in [3.8, 4) is 16.9 Å². The zero-order chi connectivity index (χ0) is 29.1. The number of aromatic nitrogens is 1. The van der Waals surface area contributed by atoms with E-state index >= 15 is 0 Å². The van der Waals surface area contributed by atoms with Crippen molar-refractivity contribution >= 4 is 35.0 Å². The Morgan fingerprint density at radius 2 is 1.63 bits per heavy atom. The summed E-state index contributed by atoms with van der Waals surface area (Å²) in [6, 6.07) is 22.6. The van der Waals surface area contributed by atoms with E-state index in [0.29, 0.717) is 66.3 Å². The number of likely N-dealkylation sites (tertiary alicyclic amines) is 1. The zero-order valence-electron chi connectivity index (χ0n) is 22.3. The van der Waals surface area contributed by atoms with E-state index in [-0.39, 0.29) is 17.5 Å². The number of halogens is 3. The van der Waals surface area contributed by atoms with E-state index in [2.05, 4.69) is 0 Å². The average Bonchev–Trinajstić information content (AvgIpc) is 3.35. The Labute approximate surface area is 248 Å². The molecule has 6 nitrogen and oxygen atoms in total. The lowest BCUT2D eigenvalue weighted by Gasteiger charge is -2.40. The number of primary amides is 1. The maximum absolute atomic E-state index is 14.1. The maximum Gasteiger partial charge on any atom is 0.255 e. The van der Waals surface area contributed by atoms with Crippen LogP contribution in [0.3, 0.4) is 0 Å². The van der Waals surface area contributed by atoms with Crippen molar-refractivity contribution in [2.45, 2.75) is 31.1 Å². The smallest absolute Gasteiger partial charge is 0.255 e. The third kappa shape index (κ3) is 5.62. The summed E-state index contributed by atoms with van der Waals surface area (Å²) in [4.78, 5) is 28.6. The highest BCUT2D eigenvalue weighted by molar-refractivity contribution is 6.33. The van der Waals surface area contributed by atoms with Gasteiger partial charge in [0.2, 0.25) is 5.91 Å². The summed E-state index contributed by atoms with van der Waals surface area (Å²) < 4.78 is 15.9. The molecule has 9 heteroatoms. The molecule has 1 saturated heterocycles. The molecular weight excluding hydrogens is 564 g/mol. The fourth-order valence-electron chi connectivity index (χ4n) is 5.71. The average molecular weight is 595 g/mol. The normalized spacial score (nSPS) is 14.7. The van der Waals surface area contributed by atoms with Gasteiger partial charge in [-0.15, -0.1) is 0 Å². The molecule has 5 rings (SSSR count). The van der Waals surface area contributed by atoms with Crippen LogP contribution in [0.5, 0.6) is 0 Å². The van der Waals surface area contributed by atoms with Gasteiger partial charge in [-0.2, -0.15) is 0 Å². The molecule has 41 heavy (non-hydrogen) atoms. The number of aliphatic hydroxyl groups is 1. The van der Waals surface area contributed by atoms with Gasteiger partial charge in [-0.05, 0) is 79.8 Å². The Kier molecular flexibility index (Phi) is 8.50. The van der Waals surface area contributed by atoms with Gasteiger partial charge in [0.05, 0.1) is 21.7 Å². The highest BCUT2D eigenvalue weighted by Crippen LogP contribution is 2.38. The Hall–Kier alpha value is -3.65. The standard InChI is InChI=1S/C32H30Cl2FN3O3/c33-22-8-11-24(12-9-22)38-28(7-4-18-39)26(20-29(38)25-13-10-23(35)19-27(25)34)30(40)37-16-14-32(15-17-37,31(36)41)21-5-2-1-3-6-21/h1-3,5-6,8-13,19-20,39H,4,7,14-18H2,(H2,36,41). The van der Waals surface area contributed by atoms with Gasteiger partial charge in [0.1, 0.15) is 5.82 Å². The number of carbonyl (C=O) groups is 2. The number of amides is 2. The molecule has 1 aliphatic heterocycles. The van der Waals surface area contributed by atoms with Crippen molar-refractivity contribution in [3.63, 3.8) is 0 Å². The molecule has 1 fully saturated rings. The molecule has 0 aliphatic carbocycles. The van der Waals surface area contributed by atoms with Crippen molar-refractivity contribution in [2.75, 3.05) is 19.7 Å². The molecule has 0 spiro atoms. The van der Waals surface area contributed by atoms with Gasteiger partial charge >= 0.3 is 0 Å². The first-order valence-corrected chi connectivity index (χ1v) is 14.2. The topological polar surface area (TPSA) is 88.6 Å². The number of carbonyl (C=O) groups excluding carboxylic acids is 2. The third-order valence-electron chi connectivity index (χ3n) is 7.90. The quantitative estimate of drug-likeness (QED) is 0.256. The van der Waals surface area contributed by atoms with Crippen LogP contribution in [0, 0.1) is 5.82 Å². The predicted molar refractivity (Wildman–Crippen MR) is 159 cm³/mol. The van der Waals surface area contributed by atoms with Crippen molar-refractivity contribution < 1.29 is 19.1 Å². The predicted octanol–water partition coefficient (Wildman–Crippen LogP) is 6.17. The third-order valence-corrected chi connectivity index (χ3v) is 8.46. The van der Waals surface area contributed by atoms with Gasteiger partial charge < -0.3 is 20.3 Å². The number of benzene rings is 3. The van der Waals surface area contributed by atoms with Crippen LogP contribution < -0.4 is 5.73 Å². The first-order valence-electron chi connectivity index (χ1n) is 13.5. The molecule has 1 aromatic heterocycles. The SMILES string of the molecule is NC(=O)C1(c2ccccc2)CCN(C(=O)c2cc(-c3ccc(F)cc3Cl)n(-c3ccc(Cl)cc3)c2CCCO)CC1. The first-order chi connectivity index (χ1) is 19.7. The second kappa shape index (κ2) is 12.1. The molecule has 212 valence electrons. The monoisotopic (exact) mass is 593 g/mol. The van der Waals surface area contributed by atoms with Gasteiger partial charge in [0.15, 0.2) is 0 Å². The van der Waals surface area contributed by atoms with Crippen LogP contribution in [-0.4, -0.2) is 46.1 Å². The fraction of sp³-hybridized carbons (Fsp3) is 0.250. The fourth-order valence-corrected chi connectivity index (χ4v) is 6.10. The number of hydrogen-bond acceptors (Lipinski definition) is 3. The Morgan fingerprint density at radius 1 is 0.951 bits per heavy atom. The number of nitrogens with two attached hydrogens (primary N) is 1. The van der Waals surface area contributed by atoms with Gasteiger partial charge in [0, 0.05) is 41.7 Å².